The molecule has 6 nitrogen and oxygen atoms in total. The topological polar surface area (TPSA) is 67.6 Å². The molecular weight excluding hydrogens is 342 g/mol. The molecule has 1 atom stereocenters. The summed E-state index contributed by atoms with van der Waals surface area (Å²) < 4.78 is 5.83. The number of rotatable bonds is 10. The van der Waals surface area contributed by atoms with Gasteiger partial charge in [0.2, 0.25) is 11.8 Å². The van der Waals surface area contributed by atoms with E-state index in [1.54, 1.807) is 7.05 Å². The summed E-state index contributed by atoms with van der Waals surface area (Å²) in [6.45, 7) is 7.43. The molecule has 1 N–H and O–H groups in total. The van der Waals surface area contributed by atoms with Gasteiger partial charge in [-0.15, -0.1) is 0 Å². The molecule has 0 radical (unpaired) electrons. The van der Waals surface area contributed by atoms with Crippen molar-refractivity contribution in [3.05, 3.63) is 41.3 Å². The minimum atomic E-state index is -0.0336. The molecule has 1 unspecified atom stereocenters. The Morgan fingerprint density at radius 3 is 2.78 bits per heavy atom. The average Bonchev–Trinajstić information content (AvgIpc) is 3.03. The molecule has 0 aliphatic heterocycles. The average molecular weight is 373 g/mol. The van der Waals surface area contributed by atoms with Crippen molar-refractivity contribution in [2.75, 3.05) is 20.7 Å². The van der Waals surface area contributed by atoms with Crippen LogP contribution in [0.1, 0.15) is 43.2 Å². The minimum absolute atomic E-state index is 0.0282. The normalized spacial score (nSPS) is 12.2. The molecule has 0 bridgehead atoms. The highest BCUT2D eigenvalue weighted by Gasteiger charge is 2.21. The number of benzene rings is 1. The second kappa shape index (κ2) is 10.2. The molecule has 2 rings (SSSR count). The zero-order valence-corrected chi connectivity index (χ0v) is 17.0. The standard InChI is InChI=1S/C21H31N3O3/c1-6-8-17(21(25)24(4)26-5)11-12-22-14-19-16(3)27-20(23-19)18-10-7-9-15(2)13-18/h7,9-10,13,17,22H,6,8,11-12,14H2,1-5H3. The number of aryl methyl sites for hydroxylation is 2. The first-order valence-corrected chi connectivity index (χ1v) is 9.52. The van der Waals surface area contributed by atoms with Gasteiger partial charge in [0.25, 0.3) is 0 Å². The van der Waals surface area contributed by atoms with Crippen LogP contribution in [0.2, 0.25) is 0 Å². The SMILES string of the molecule is CCCC(CCNCc1nc(-c2cccc(C)c2)oc1C)C(=O)N(C)OC. The van der Waals surface area contributed by atoms with E-state index in [9.17, 15) is 4.79 Å². The molecule has 0 saturated heterocycles. The Morgan fingerprint density at radius 1 is 1.33 bits per heavy atom. The van der Waals surface area contributed by atoms with Crippen LogP contribution in [0.5, 0.6) is 0 Å². The van der Waals surface area contributed by atoms with Crippen molar-refractivity contribution in [2.24, 2.45) is 5.92 Å². The third-order valence-corrected chi connectivity index (χ3v) is 4.69. The quantitative estimate of drug-likeness (QED) is 0.506. The van der Waals surface area contributed by atoms with E-state index in [1.165, 1.54) is 17.7 Å². The highest BCUT2D eigenvalue weighted by Crippen LogP contribution is 2.22. The van der Waals surface area contributed by atoms with E-state index < -0.39 is 0 Å². The van der Waals surface area contributed by atoms with Crippen LogP contribution in [0.4, 0.5) is 0 Å². The number of hydrogen-bond donors (Lipinski definition) is 1. The Kier molecular flexibility index (Phi) is 8.00. The lowest BCUT2D eigenvalue weighted by Crippen LogP contribution is -2.33. The number of hydroxylamine groups is 2. The van der Waals surface area contributed by atoms with Crippen molar-refractivity contribution < 1.29 is 14.0 Å². The fourth-order valence-corrected chi connectivity index (χ4v) is 3.06. The molecule has 0 aliphatic rings. The number of carbonyl (C=O) groups excluding carboxylic acids is 1. The molecule has 1 heterocycles. The Morgan fingerprint density at radius 2 is 2.11 bits per heavy atom. The Hall–Kier alpha value is -2.18. The maximum absolute atomic E-state index is 12.3. The first-order chi connectivity index (χ1) is 13.0. The Balaban J connectivity index is 1.90. The van der Waals surface area contributed by atoms with E-state index >= 15 is 0 Å². The molecule has 0 saturated carbocycles. The minimum Gasteiger partial charge on any atom is -0.441 e. The van der Waals surface area contributed by atoms with E-state index in [0.717, 1.165) is 42.8 Å². The fraction of sp³-hybridized carbons (Fsp3) is 0.524. The lowest BCUT2D eigenvalue weighted by atomic mass is 9.99. The van der Waals surface area contributed by atoms with Crippen LogP contribution in [0.3, 0.4) is 0 Å². The van der Waals surface area contributed by atoms with Gasteiger partial charge in [-0.25, -0.2) is 10.0 Å². The molecule has 1 amide bonds. The third-order valence-electron chi connectivity index (χ3n) is 4.69. The van der Waals surface area contributed by atoms with Crippen LogP contribution in [0, 0.1) is 19.8 Å². The zero-order valence-electron chi connectivity index (χ0n) is 17.0. The van der Waals surface area contributed by atoms with Crippen LogP contribution < -0.4 is 5.32 Å². The van der Waals surface area contributed by atoms with E-state index in [-0.39, 0.29) is 11.8 Å². The van der Waals surface area contributed by atoms with Crippen LogP contribution >= 0.6 is 0 Å². The Bertz CT molecular complexity index is 742. The number of nitrogens with zero attached hydrogens (tertiary/aromatic N) is 2. The molecular formula is C21H31N3O3. The summed E-state index contributed by atoms with van der Waals surface area (Å²) in [6, 6.07) is 8.12. The van der Waals surface area contributed by atoms with E-state index in [1.807, 2.05) is 19.1 Å². The summed E-state index contributed by atoms with van der Waals surface area (Å²) in [4.78, 5) is 22.0. The highest BCUT2D eigenvalue weighted by molar-refractivity contribution is 5.77. The van der Waals surface area contributed by atoms with Crippen molar-refractivity contribution in [3.8, 4) is 11.5 Å². The monoisotopic (exact) mass is 373 g/mol. The van der Waals surface area contributed by atoms with E-state index in [0.29, 0.717) is 12.4 Å². The van der Waals surface area contributed by atoms with Crippen LogP contribution in [-0.2, 0) is 16.2 Å². The number of aromatic nitrogens is 1. The van der Waals surface area contributed by atoms with Crippen LogP contribution in [0.15, 0.2) is 28.7 Å². The summed E-state index contributed by atoms with van der Waals surface area (Å²) in [7, 11) is 3.17. The van der Waals surface area contributed by atoms with Gasteiger partial charge in [0, 0.05) is 25.1 Å². The van der Waals surface area contributed by atoms with Gasteiger partial charge in [0.05, 0.1) is 12.8 Å². The predicted molar refractivity (Wildman–Crippen MR) is 106 cm³/mol. The first kappa shape index (κ1) is 21.1. The molecule has 0 fully saturated rings. The summed E-state index contributed by atoms with van der Waals surface area (Å²) in [5.74, 6) is 1.46. The van der Waals surface area contributed by atoms with Crippen molar-refractivity contribution in [1.29, 1.82) is 0 Å². The van der Waals surface area contributed by atoms with Crippen LogP contribution in [-0.4, -0.2) is 36.7 Å². The van der Waals surface area contributed by atoms with Gasteiger partial charge in [-0.05, 0) is 45.4 Å². The van der Waals surface area contributed by atoms with Crippen molar-refractivity contribution >= 4 is 5.91 Å². The number of nitrogens with one attached hydrogen (secondary N) is 1. The van der Waals surface area contributed by atoms with E-state index in [4.69, 9.17) is 9.25 Å². The van der Waals surface area contributed by atoms with Crippen LogP contribution in [0.25, 0.3) is 11.5 Å². The van der Waals surface area contributed by atoms with Gasteiger partial charge in [-0.1, -0.05) is 31.0 Å². The summed E-state index contributed by atoms with van der Waals surface area (Å²) >= 11 is 0. The molecule has 1 aromatic carbocycles. The van der Waals surface area contributed by atoms with Gasteiger partial charge >= 0.3 is 0 Å². The molecule has 1 aromatic heterocycles. The summed E-state index contributed by atoms with van der Waals surface area (Å²) in [5.41, 5.74) is 3.06. The number of carbonyl (C=O) groups is 1. The van der Waals surface area contributed by atoms with Crippen molar-refractivity contribution in [2.45, 2.75) is 46.6 Å². The third kappa shape index (κ3) is 5.91. The van der Waals surface area contributed by atoms with Crippen molar-refractivity contribution in [1.82, 2.24) is 15.4 Å². The zero-order chi connectivity index (χ0) is 19.8. The molecule has 0 aliphatic carbocycles. The maximum atomic E-state index is 12.3. The largest absolute Gasteiger partial charge is 0.441 e. The summed E-state index contributed by atoms with van der Waals surface area (Å²) in [6.07, 6.45) is 2.59. The molecule has 6 heteroatoms. The highest BCUT2D eigenvalue weighted by atomic mass is 16.7. The van der Waals surface area contributed by atoms with Gasteiger partial charge in [-0.3, -0.25) is 9.63 Å². The van der Waals surface area contributed by atoms with E-state index in [2.05, 4.69) is 36.3 Å². The smallest absolute Gasteiger partial charge is 0.248 e. The fourth-order valence-electron chi connectivity index (χ4n) is 3.06. The lowest BCUT2D eigenvalue weighted by molar-refractivity contribution is -0.173. The van der Waals surface area contributed by atoms with Gasteiger partial charge < -0.3 is 9.73 Å². The summed E-state index contributed by atoms with van der Waals surface area (Å²) in [5, 5.41) is 4.70. The van der Waals surface area contributed by atoms with Gasteiger partial charge in [0.1, 0.15) is 5.76 Å². The second-order valence-electron chi connectivity index (χ2n) is 6.86. The number of amides is 1. The molecule has 2 aromatic rings. The van der Waals surface area contributed by atoms with Gasteiger partial charge in [-0.2, -0.15) is 0 Å². The predicted octanol–water partition coefficient (Wildman–Crippen LogP) is 3.87. The number of oxazole rings is 1. The molecule has 148 valence electrons. The van der Waals surface area contributed by atoms with Crippen molar-refractivity contribution in [3.63, 3.8) is 0 Å². The lowest BCUT2D eigenvalue weighted by Gasteiger charge is -2.21. The Labute approximate surface area is 161 Å². The first-order valence-electron chi connectivity index (χ1n) is 9.52. The maximum Gasteiger partial charge on any atom is 0.248 e. The molecule has 27 heavy (non-hydrogen) atoms. The number of hydrogen-bond acceptors (Lipinski definition) is 5. The van der Waals surface area contributed by atoms with Gasteiger partial charge in [0.15, 0.2) is 0 Å². The second-order valence-corrected chi connectivity index (χ2v) is 6.86. The molecule has 0 spiro atoms.